The van der Waals surface area contributed by atoms with Crippen LogP contribution in [0.3, 0.4) is 0 Å². The summed E-state index contributed by atoms with van der Waals surface area (Å²) >= 11 is 6.63. The molecule has 45 heavy (non-hydrogen) atoms. The number of hydrogen-bond acceptors (Lipinski definition) is 9. The van der Waals surface area contributed by atoms with E-state index in [-0.39, 0.29) is 36.5 Å². The summed E-state index contributed by atoms with van der Waals surface area (Å²) in [4.78, 5) is 37.5. The van der Waals surface area contributed by atoms with Crippen LogP contribution in [-0.2, 0) is 4.79 Å². The highest BCUT2D eigenvalue weighted by molar-refractivity contribution is 6.36. The van der Waals surface area contributed by atoms with Gasteiger partial charge in [0.1, 0.15) is 18.6 Å². The Morgan fingerprint density at radius 3 is 2.91 bits per heavy atom. The van der Waals surface area contributed by atoms with Gasteiger partial charge in [0.15, 0.2) is 5.65 Å². The number of amides is 1. The number of carbonyl (C=O) groups is 1. The molecule has 0 bridgehead atoms. The number of ether oxygens (including phenoxy) is 1. The summed E-state index contributed by atoms with van der Waals surface area (Å²) in [5.41, 5.74) is 1.47. The van der Waals surface area contributed by atoms with Gasteiger partial charge < -0.3 is 14.5 Å². The zero-order chi connectivity index (χ0) is 31.1. The number of anilines is 1. The van der Waals surface area contributed by atoms with Gasteiger partial charge in [0, 0.05) is 66.4 Å². The summed E-state index contributed by atoms with van der Waals surface area (Å²) in [5, 5.41) is 12.6. The van der Waals surface area contributed by atoms with Gasteiger partial charge in [0.05, 0.1) is 35.2 Å². The van der Waals surface area contributed by atoms with E-state index in [1.54, 1.807) is 17.3 Å². The number of alkyl halides is 1. The van der Waals surface area contributed by atoms with Gasteiger partial charge in [-0.15, -0.1) is 0 Å². The molecule has 3 saturated heterocycles. The number of halogens is 2. The van der Waals surface area contributed by atoms with Gasteiger partial charge in [-0.05, 0) is 43.7 Å². The molecule has 0 spiro atoms. The van der Waals surface area contributed by atoms with Gasteiger partial charge in [-0.3, -0.25) is 14.7 Å². The lowest BCUT2D eigenvalue weighted by Gasteiger charge is -2.41. The molecule has 3 atom stereocenters. The van der Waals surface area contributed by atoms with Gasteiger partial charge in [-0.1, -0.05) is 30.3 Å². The smallest absolute Gasteiger partial charge is 0.320 e. The van der Waals surface area contributed by atoms with Crippen molar-refractivity contribution in [2.45, 2.75) is 43.4 Å². The van der Waals surface area contributed by atoms with Crippen LogP contribution < -0.4 is 9.64 Å². The normalized spacial score (nSPS) is 23.3. The standard InChI is InChI=1S/C33H32ClFN8O2/c1-2-28(44)43-14-13-41(19-23(43)9-11-36)31-24-7-8-27(25-17-37-16-21-5-3-6-26(34)29(21)25)38-30(24)39-32(40-31)45-20-33-10-4-12-42(33)18-22(35)15-33/h2-3,5-8,16-17,22-23H,1,4,9-10,12-15,18-20H2/t22?,23-,33-/m0/s1. The fraction of sp³-hybridized carbons (Fsp3) is 0.394. The second-order valence-corrected chi connectivity index (χ2v) is 12.4. The Labute approximate surface area is 265 Å². The van der Waals surface area contributed by atoms with E-state index in [1.165, 1.54) is 6.08 Å². The van der Waals surface area contributed by atoms with Crippen LogP contribution in [0.15, 0.2) is 55.4 Å². The van der Waals surface area contributed by atoms with Gasteiger partial charge in [0.25, 0.3) is 0 Å². The quantitative estimate of drug-likeness (QED) is 0.263. The molecule has 3 aliphatic heterocycles. The van der Waals surface area contributed by atoms with E-state index in [9.17, 15) is 14.4 Å². The average Bonchev–Trinajstić information content (AvgIpc) is 3.58. The molecule has 3 fully saturated rings. The number of carbonyl (C=O) groups excluding carboxylic acids is 1. The van der Waals surface area contributed by atoms with E-state index in [2.05, 4.69) is 27.4 Å². The summed E-state index contributed by atoms with van der Waals surface area (Å²) in [6.45, 7) is 6.46. The molecule has 12 heteroatoms. The van der Waals surface area contributed by atoms with Crippen LogP contribution in [0.2, 0.25) is 5.02 Å². The first-order valence-corrected chi connectivity index (χ1v) is 15.6. The Kier molecular flexibility index (Phi) is 7.71. The molecule has 0 saturated carbocycles. The SMILES string of the molecule is C=CC(=O)N1CCN(c2nc(OC[C@@]34CCCN3CC(F)C4)nc3nc(-c4cncc5cccc(Cl)c45)ccc23)C[C@@H]1CC#N. The third-order valence-corrected chi connectivity index (χ3v) is 9.64. The third kappa shape index (κ3) is 5.32. The predicted octanol–water partition coefficient (Wildman–Crippen LogP) is 4.97. The van der Waals surface area contributed by atoms with Gasteiger partial charge in [0.2, 0.25) is 5.91 Å². The van der Waals surface area contributed by atoms with Crippen molar-refractivity contribution in [3.63, 3.8) is 0 Å². The topological polar surface area (TPSA) is 111 Å². The van der Waals surface area contributed by atoms with E-state index in [0.29, 0.717) is 60.2 Å². The molecule has 6 heterocycles. The van der Waals surface area contributed by atoms with E-state index in [0.717, 1.165) is 35.7 Å². The number of nitriles is 1. The molecule has 1 amide bonds. The van der Waals surface area contributed by atoms with Crippen LogP contribution >= 0.6 is 11.6 Å². The van der Waals surface area contributed by atoms with Crippen molar-refractivity contribution in [2.75, 3.05) is 44.2 Å². The monoisotopic (exact) mass is 626 g/mol. The fourth-order valence-electron chi connectivity index (χ4n) is 7.20. The average molecular weight is 627 g/mol. The summed E-state index contributed by atoms with van der Waals surface area (Å²) < 4.78 is 20.8. The number of fused-ring (bicyclic) bond motifs is 3. The Morgan fingerprint density at radius 2 is 2.07 bits per heavy atom. The highest BCUT2D eigenvalue weighted by atomic mass is 35.5. The van der Waals surface area contributed by atoms with E-state index >= 15 is 0 Å². The molecule has 7 rings (SSSR count). The van der Waals surface area contributed by atoms with Crippen molar-refractivity contribution in [3.8, 4) is 23.3 Å². The van der Waals surface area contributed by atoms with E-state index in [4.69, 9.17) is 31.3 Å². The number of benzene rings is 1. The molecule has 3 aliphatic rings. The Hall–Kier alpha value is -4.40. The van der Waals surface area contributed by atoms with Crippen LogP contribution in [0.4, 0.5) is 10.2 Å². The van der Waals surface area contributed by atoms with Crippen LogP contribution in [0, 0.1) is 11.3 Å². The van der Waals surface area contributed by atoms with Crippen molar-refractivity contribution in [2.24, 2.45) is 0 Å². The lowest BCUT2D eigenvalue weighted by Crippen LogP contribution is -2.55. The molecule has 1 aromatic carbocycles. The molecule has 3 aromatic heterocycles. The number of rotatable bonds is 7. The lowest BCUT2D eigenvalue weighted by atomic mass is 9.95. The first kappa shape index (κ1) is 29.3. The number of pyridine rings is 2. The molecular weight excluding hydrogens is 595 g/mol. The van der Waals surface area contributed by atoms with Crippen LogP contribution in [0.5, 0.6) is 6.01 Å². The zero-order valence-electron chi connectivity index (χ0n) is 24.7. The molecule has 10 nitrogen and oxygen atoms in total. The van der Waals surface area contributed by atoms with Crippen molar-refractivity contribution >= 4 is 45.1 Å². The van der Waals surface area contributed by atoms with Crippen molar-refractivity contribution < 1.29 is 13.9 Å². The maximum atomic E-state index is 14.5. The first-order chi connectivity index (χ1) is 21.9. The molecule has 230 valence electrons. The third-order valence-electron chi connectivity index (χ3n) is 9.33. The van der Waals surface area contributed by atoms with Crippen molar-refractivity contribution in [3.05, 3.63) is 60.4 Å². The Morgan fingerprint density at radius 1 is 1.18 bits per heavy atom. The zero-order valence-corrected chi connectivity index (χ0v) is 25.5. The second-order valence-electron chi connectivity index (χ2n) is 12.0. The van der Waals surface area contributed by atoms with Crippen LogP contribution in [0.1, 0.15) is 25.7 Å². The van der Waals surface area contributed by atoms with Gasteiger partial charge in [-0.25, -0.2) is 9.37 Å². The maximum Gasteiger partial charge on any atom is 0.320 e. The molecule has 1 unspecified atom stereocenters. The summed E-state index contributed by atoms with van der Waals surface area (Å²) in [7, 11) is 0. The van der Waals surface area contributed by atoms with E-state index in [1.807, 2.05) is 30.3 Å². The molecule has 0 radical (unpaired) electrons. The van der Waals surface area contributed by atoms with Crippen molar-refractivity contribution in [1.29, 1.82) is 5.26 Å². The predicted molar refractivity (Wildman–Crippen MR) is 170 cm³/mol. The second kappa shape index (κ2) is 11.8. The highest BCUT2D eigenvalue weighted by Crippen LogP contribution is 2.41. The Balaban J connectivity index is 1.30. The van der Waals surface area contributed by atoms with Gasteiger partial charge in [-0.2, -0.15) is 15.2 Å². The van der Waals surface area contributed by atoms with E-state index < -0.39 is 6.17 Å². The number of hydrogen-bond donors (Lipinski definition) is 0. The minimum Gasteiger partial charge on any atom is -0.461 e. The summed E-state index contributed by atoms with van der Waals surface area (Å²) in [6.07, 6.45) is 6.37. The maximum absolute atomic E-state index is 14.5. The molecule has 0 N–H and O–H groups in total. The number of aromatic nitrogens is 4. The summed E-state index contributed by atoms with van der Waals surface area (Å²) in [6, 6.07) is 11.5. The molecule has 0 aliphatic carbocycles. The largest absolute Gasteiger partial charge is 0.461 e. The minimum absolute atomic E-state index is 0.154. The van der Waals surface area contributed by atoms with Crippen LogP contribution in [0.25, 0.3) is 33.1 Å². The highest BCUT2D eigenvalue weighted by Gasteiger charge is 2.49. The minimum atomic E-state index is -0.876. The molecule has 4 aromatic rings. The van der Waals surface area contributed by atoms with Gasteiger partial charge >= 0.3 is 6.01 Å². The number of piperazine rings is 1. The number of nitrogens with zero attached hydrogens (tertiary/aromatic N) is 8. The van der Waals surface area contributed by atoms with Crippen molar-refractivity contribution in [1.82, 2.24) is 29.7 Å². The Bertz CT molecular complexity index is 1840. The molecular formula is C33H32ClFN8O2. The lowest BCUT2D eigenvalue weighted by molar-refractivity contribution is -0.128. The first-order valence-electron chi connectivity index (χ1n) is 15.2. The fourth-order valence-corrected chi connectivity index (χ4v) is 7.48. The van der Waals surface area contributed by atoms with Crippen LogP contribution in [-0.4, -0.2) is 92.7 Å². The summed E-state index contributed by atoms with van der Waals surface area (Å²) in [5.74, 6) is 0.399.